The van der Waals surface area contributed by atoms with Gasteiger partial charge in [0.05, 0.1) is 4.91 Å². The van der Waals surface area contributed by atoms with Crippen LogP contribution in [0.3, 0.4) is 0 Å². The molecule has 1 N–H and O–H groups in total. The summed E-state index contributed by atoms with van der Waals surface area (Å²) < 4.78 is 0. The topological polar surface area (TPSA) is 66.5 Å². The number of nitrogens with one attached hydrogen (secondary N) is 1. The fraction of sp³-hybridized carbons (Fsp3) is 0.138. The number of hydrogen-bond donors (Lipinski definition) is 1. The third-order valence-corrected chi connectivity index (χ3v) is 7.03. The number of rotatable bonds is 5. The molecule has 1 saturated heterocycles. The normalized spacial score (nSPS) is 15.1. The fourth-order valence-corrected chi connectivity index (χ4v) is 5.09. The molecule has 6 heteroatoms. The molecule has 1 fully saturated rings. The van der Waals surface area contributed by atoms with Gasteiger partial charge in [-0.25, -0.2) is 0 Å². The molecule has 4 aromatic rings. The monoisotopic (exact) mass is 480 g/mol. The number of amides is 3. The van der Waals surface area contributed by atoms with Crippen LogP contribution < -0.4 is 5.32 Å². The minimum absolute atomic E-state index is 0.311. The van der Waals surface area contributed by atoms with E-state index in [9.17, 15) is 14.4 Å². The predicted octanol–water partition coefficient (Wildman–Crippen LogP) is 6.79. The van der Waals surface area contributed by atoms with Crippen molar-refractivity contribution < 1.29 is 14.4 Å². The first-order valence-electron chi connectivity index (χ1n) is 11.5. The maximum atomic E-state index is 13.1. The van der Waals surface area contributed by atoms with Crippen LogP contribution in [0.25, 0.3) is 27.6 Å². The summed E-state index contributed by atoms with van der Waals surface area (Å²) in [6.45, 7) is 3.87. The summed E-state index contributed by atoms with van der Waals surface area (Å²) in [7, 11) is 0. The highest BCUT2D eigenvalue weighted by Gasteiger charge is 2.36. The van der Waals surface area contributed by atoms with Crippen molar-refractivity contribution in [3.8, 4) is 0 Å². The van der Waals surface area contributed by atoms with Gasteiger partial charge < -0.3 is 5.32 Å². The Morgan fingerprint density at radius 1 is 0.914 bits per heavy atom. The standard InChI is InChI=1S/C29H24N2O3S/c1-18(2)19-11-13-22(14-12-19)30-27(32)17-31-28(33)26(35-29(31)34)16-25-23-9-5-3-7-20(23)15-21-8-4-6-10-24(21)25/h3-16,18H,17H2,1-2H3,(H,30,32)/b26-16+. The highest BCUT2D eigenvalue weighted by Crippen LogP contribution is 2.36. The first-order chi connectivity index (χ1) is 16.9. The minimum Gasteiger partial charge on any atom is -0.325 e. The minimum atomic E-state index is -0.456. The van der Waals surface area contributed by atoms with E-state index in [1.165, 1.54) is 5.56 Å². The lowest BCUT2D eigenvalue weighted by molar-refractivity contribution is -0.127. The summed E-state index contributed by atoms with van der Waals surface area (Å²) in [5.74, 6) is -0.482. The Hall–Kier alpha value is -3.90. The van der Waals surface area contributed by atoms with E-state index in [1.807, 2.05) is 72.8 Å². The van der Waals surface area contributed by atoms with Gasteiger partial charge >= 0.3 is 0 Å². The molecular formula is C29H24N2O3S. The molecule has 1 aliphatic heterocycles. The molecule has 0 saturated carbocycles. The fourth-order valence-electron chi connectivity index (χ4n) is 4.27. The second kappa shape index (κ2) is 9.39. The molecule has 4 aromatic carbocycles. The number of benzene rings is 4. The van der Waals surface area contributed by atoms with Crippen LogP contribution in [0.1, 0.15) is 30.9 Å². The average molecular weight is 481 g/mol. The van der Waals surface area contributed by atoms with E-state index in [0.29, 0.717) is 16.5 Å². The second-order valence-electron chi connectivity index (χ2n) is 8.83. The molecule has 35 heavy (non-hydrogen) atoms. The third-order valence-electron chi connectivity index (χ3n) is 6.12. The molecule has 174 valence electrons. The van der Waals surface area contributed by atoms with Crippen LogP contribution in [-0.4, -0.2) is 28.5 Å². The van der Waals surface area contributed by atoms with Crippen LogP contribution in [0, 0.1) is 0 Å². The molecule has 0 spiro atoms. The van der Waals surface area contributed by atoms with Crippen LogP contribution >= 0.6 is 11.8 Å². The summed E-state index contributed by atoms with van der Waals surface area (Å²) in [4.78, 5) is 39.7. The lowest BCUT2D eigenvalue weighted by atomic mass is 9.96. The molecule has 3 amide bonds. The molecular weight excluding hydrogens is 456 g/mol. The highest BCUT2D eigenvalue weighted by molar-refractivity contribution is 8.18. The van der Waals surface area contributed by atoms with Crippen LogP contribution in [-0.2, 0) is 9.59 Å². The number of carbonyl (C=O) groups is 3. The van der Waals surface area contributed by atoms with Gasteiger partial charge in [-0.15, -0.1) is 0 Å². The zero-order chi connectivity index (χ0) is 24.5. The van der Waals surface area contributed by atoms with Crippen molar-refractivity contribution in [1.29, 1.82) is 0 Å². The van der Waals surface area contributed by atoms with Crippen molar-refractivity contribution in [2.75, 3.05) is 11.9 Å². The molecule has 1 aliphatic rings. The van der Waals surface area contributed by atoms with Crippen LogP contribution in [0.4, 0.5) is 10.5 Å². The molecule has 5 rings (SSSR count). The molecule has 0 radical (unpaired) electrons. The van der Waals surface area contributed by atoms with Crippen molar-refractivity contribution >= 4 is 62.1 Å². The van der Waals surface area contributed by atoms with Gasteiger partial charge in [-0.3, -0.25) is 19.3 Å². The number of hydrogen-bond acceptors (Lipinski definition) is 4. The first-order valence-corrected chi connectivity index (χ1v) is 12.3. The number of nitrogens with zero attached hydrogens (tertiary/aromatic N) is 1. The summed E-state index contributed by atoms with van der Waals surface area (Å²) in [6, 6.07) is 25.6. The van der Waals surface area contributed by atoms with Crippen LogP contribution in [0.15, 0.2) is 83.8 Å². The zero-order valence-corrected chi connectivity index (χ0v) is 20.3. The second-order valence-corrected chi connectivity index (χ2v) is 9.82. The Morgan fingerprint density at radius 2 is 1.51 bits per heavy atom. The highest BCUT2D eigenvalue weighted by atomic mass is 32.2. The van der Waals surface area contributed by atoms with Crippen LogP contribution in [0.2, 0.25) is 0 Å². The maximum Gasteiger partial charge on any atom is 0.294 e. The molecule has 0 bridgehead atoms. The maximum absolute atomic E-state index is 13.1. The van der Waals surface area contributed by atoms with Gasteiger partial charge in [-0.05, 0) is 74.6 Å². The molecule has 0 aliphatic carbocycles. The van der Waals surface area contributed by atoms with Crippen LogP contribution in [0.5, 0.6) is 0 Å². The third kappa shape index (κ3) is 4.57. The van der Waals surface area contributed by atoms with E-state index in [-0.39, 0.29) is 6.54 Å². The molecule has 1 heterocycles. The van der Waals surface area contributed by atoms with E-state index in [1.54, 1.807) is 6.08 Å². The Morgan fingerprint density at radius 3 is 2.11 bits per heavy atom. The number of anilines is 1. The van der Waals surface area contributed by atoms with Gasteiger partial charge in [0, 0.05) is 5.69 Å². The molecule has 5 nitrogen and oxygen atoms in total. The van der Waals surface area contributed by atoms with Crippen molar-refractivity contribution in [1.82, 2.24) is 4.90 Å². The Balaban J connectivity index is 1.40. The number of imide groups is 1. The molecule has 0 unspecified atom stereocenters. The lowest BCUT2D eigenvalue weighted by Gasteiger charge is -2.13. The van der Waals surface area contributed by atoms with Gasteiger partial charge in [-0.1, -0.05) is 74.5 Å². The lowest BCUT2D eigenvalue weighted by Crippen LogP contribution is -2.36. The zero-order valence-electron chi connectivity index (χ0n) is 19.4. The van der Waals surface area contributed by atoms with E-state index in [0.717, 1.165) is 43.8 Å². The van der Waals surface area contributed by atoms with Gasteiger partial charge in [0.15, 0.2) is 0 Å². The van der Waals surface area contributed by atoms with E-state index in [2.05, 4.69) is 25.2 Å². The summed E-state index contributed by atoms with van der Waals surface area (Å²) in [5, 5.41) is 6.44. The van der Waals surface area contributed by atoms with Crippen molar-refractivity contribution in [2.24, 2.45) is 0 Å². The van der Waals surface area contributed by atoms with Crippen molar-refractivity contribution in [3.63, 3.8) is 0 Å². The van der Waals surface area contributed by atoms with E-state index >= 15 is 0 Å². The van der Waals surface area contributed by atoms with Gasteiger partial charge in [0.1, 0.15) is 6.54 Å². The Kier molecular flexibility index (Phi) is 6.14. The van der Waals surface area contributed by atoms with Crippen molar-refractivity contribution in [3.05, 3.63) is 94.9 Å². The summed E-state index contributed by atoms with van der Waals surface area (Å²) >= 11 is 0.866. The Labute approximate surface area is 207 Å². The predicted molar refractivity (Wildman–Crippen MR) is 143 cm³/mol. The number of carbonyl (C=O) groups excluding carboxylic acids is 3. The smallest absolute Gasteiger partial charge is 0.294 e. The first kappa shape index (κ1) is 22.9. The van der Waals surface area contributed by atoms with Crippen molar-refractivity contribution in [2.45, 2.75) is 19.8 Å². The average Bonchev–Trinajstić information content (AvgIpc) is 3.11. The number of thioether (sulfide) groups is 1. The SMILES string of the molecule is CC(C)c1ccc(NC(=O)CN2C(=O)S/C(=C/c3c4ccccc4cc4ccccc34)C2=O)cc1. The molecule has 0 aromatic heterocycles. The largest absolute Gasteiger partial charge is 0.325 e. The Bertz CT molecular complexity index is 1450. The quantitative estimate of drug-likeness (QED) is 0.252. The molecule has 0 atom stereocenters. The van der Waals surface area contributed by atoms with E-state index < -0.39 is 17.1 Å². The number of fused-ring (bicyclic) bond motifs is 2. The van der Waals surface area contributed by atoms with E-state index in [4.69, 9.17) is 0 Å². The summed E-state index contributed by atoms with van der Waals surface area (Å²) in [5.41, 5.74) is 2.68. The van der Waals surface area contributed by atoms with Gasteiger partial charge in [-0.2, -0.15) is 0 Å². The summed E-state index contributed by atoms with van der Waals surface area (Å²) in [6.07, 6.45) is 1.78. The van der Waals surface area contributed by atoms with Gasteiger partial charge in [0.2, 0.25) is 5.91 Å². The van der Waals surface area contributed by atoms with Gasteiger partial charge in [0.25, 0.3) is 11.1 Å².